The molecule has 5 rings (SSSR count). The quantitative estimate of drug-likeness (QED) is 0.361. The summed E-state index contributed by atoms with van der Waals surface area (Å²) in [6.45, 7) is 0.947. The second-order valence-electron chi connectivity index (χ2n) is 9.21. The largest absolute Gasteiger partial charge is 0.469 e. The number of aromatic nitrogens is 4. The lowest BCUT2D eigenvalue weighted by Gasteiger charge is -2.20. The van der Waals surface area contributed by atoms with Crippen LogP contribution in [0.4, 0.5) is 10.6 Å². The number of carbonyl (C=O) groups excluding carboxylic acids is 2. The lowest BCUT2D eigenvalue weighted by Crippen LogP contribution is -2.42. The van der Waals surface area contributed by atoms with Crippen molar-refractivity contribution < 1.29 is 38.7 Å². The summed E-state index contributed by atoms with van der Waals surface area (Å²) < 4.78 is 22.8. The van der Waals surface area contributed by atoms with Gasteiger partial charge in [-0.2, -0.15) is 0 Å². The standard InChI is InChI=1S/C22H30N6O8/c1-33-21(31)12-3-2-4-13(12)27-22(32)35-8-14-16(29)17(30)20(36-14)28-10-25-15-18(23-9-24-19(15)28)26-11-5-6-34-7-11/h9-14,16-17,20,29-30H,2-8H2,1H3,(H,27,32)(H,23,24,26)/t11-,12?,13?,14?,16?,17?,20?/m1/s1. The van der Waals surface area contributed by atoms with Gasteiger partial charge in [0.15, 0.2) is 23.2 Å². The highest BCUT2D eigenvalue weighted by Crippen LogP contribution is 2.33. The van der Waals surface area contributed by atoms with Gasteiger partial charge in [0.05, 0.1) is 32.0 Å². The number of anilines is 1. The van der Waals surface area contributed by atoms with Gasteiger partial charge in [-0.3, -0.25) is 9.36 Å². The van der Waals surface area contributed by atoms with Crippen LogP contribution in [0, 0.1) is 5.92 Å². The summed E-state index contributed by atoms with van der Waals surface area (Å²) in [5, 5.41) is 27.2. The Labute approximate surface area is 206 Å². The van der Waals surface area contributed by atoms with E-state index in [9.17, 15) is 19.8 Å². The number of carbonyl (C=O) groups is 2. The summed E-state index contributed by atoms with van der Waals surface area (Å²) in [4.78, 5) is 37.1. The molecule has 4 heterocycles. The highest BCUT2D eigenvalue weighted by molar-refractivity contribution is 5.83. The summed E-state index contributed by atoms with van der Waals surface area (Å²) in [6, 6.07) is -0.267. The van der Waals surface area contributed by atoms with Crippen molar-refractivity contribution in [1.29, 1.82) is 0 Å². The molecule has 7 atom stereocenters. The molecule has 0 radical (unpaired) electrons. The average Bonchev–Trinajstić information content (AvgIpc) is 3.67. The van der Waals surface area contributed by atoms with E-state index in [2.05, 4.69) is 25.6 Å². The Morgan fingerprint density at radius 3 is 2.83 bits per heavy atom. The maximum Gasteiger partial charge on any atom is 0.407 e. The summed E-state index contributed by atoms with van der Waals surface area (Å²) >= 11 is 0. The Hall–Kier alpha value is -3.07. The van der Waals surface area contributed by atoms with Gasteiger partial charge in [0.2, 0.25) is 0 Å². The van der Waals surface area contributed by atoms with E-state index in [1.54, 1.807) is 0 Å². The first kappa shape index (κ1) is 24.6. The van der Waals surface area contributed by atoms with Gasteiger partial charge in [-0.05, 0) is 19.3 Å². The number of aliphatic hydroxyl groups is 2. The maximum atomic E-state index is 12.3. The Balaban J connectivity index is 1.21. The Morgan fingerprint density at radius 1 is 1.19 bits per heavy atom. The van der Waals surface area contributed by atoms with Gasteiger partial charge in [0.1, 0.15) is 31.2 Å². The van der Waals surface area contributed by atoms with Gasteiger partial charge in [0.25, 0.3) is 0 Å². The van der Waals surface area contributed by atoms with Crippen molar-refractivity contribution in [2.45, 2.75) is 62.3 Å². The molecule has 6 unspecified atom stereocenters. The van der Waals surface area contributed by atoms with Gasteiger partial charge in [-0.1, -0.05) is 6.42 Å². The molecule has 14 heteroatoms. The molecule has 2 saturated heterocycles. The van der Waals surface area contributed by atoms with Gasteiger partial charge >= 0.3 is 12.1 Å². The summed E-state index contributed by atoms with van der Waals surface area (Å²) in [6.07, 6.45) is 0.391. The Bertz CT molecular complexity index is 1090. The van der Waals surface area contributed by atoms with E-state index in [4.69, 9.17) is 18.9 Å². The number of hydrogen-bond acceptors (Lipinski definition) is 12. The highest BCUT2D eigenvalue weighted by atomic mass is 16.6. The molecule has 36 heavy (non-hydrogen) atoms. The molecule has 2 aliphatic heterocycles. The predicted octanol–water partition coefficient (Wildman–Crippen LogP) is -0.286. The van der Waals surface area contributed by atoms with Crippen molar-refractivity contribution in [2.24, 2.45) is 5.92 Å². The van der Waals surface area contributed by atoms with Crippen molar-refractivity contribution in [3.8, 4) is 0 Å². The number of aliphatic hydroxyl groups excluding tert-OH is 2. The molecule has 0 spiro atoms. The van der Waals surface area contributed by atoms with Gasteiger partial charge in [0, 0.05) is 12.6 Å². The SMILES string of the molecule is COC(=O)C1CCCC1NC(=O)OCC1OC(n2cnc3c(N[C@@H]4CCOC4)ncnc32)C(O)C1O. The molecule has 3 aliphatic rings. The molecule has 2 aromatic rings. The van der Waals surface area contributed by atoms with Crippen molar-refractivity contribution in [1.82, 2.24) is 24.8 Å². The highest BCUT2D eigenvalue weighted by Gasteiger charge is 2.45. The molecule has 4 N–H and O–H groups in total. The molecule has 1 aliphatic carbocycles. The first-order valence-electron chi connectivity index (χ1n) is 12.0. The number of nitrogens with zero attached hydrogens (tertiary/aromatic N) is 4. The zero-order chi connectivity index (χ0) is 25.2. The third kappa shape index (κ3) is 4.81. The number of alkyl carbamates (subject to hydrolysis) is 1. The molecule has 0 aromatic carbocycles. The fourth-order valence-electron chi connectivity index (χ4n) is 5.00. The van der Waals surface area contributed by atoms with Crippen LogP contribution in [-0.4, -0.2) is 99.1 Å². The van der Waals surface area contributed by atoms with E-state index in [0.29, 0.717) is 43.0 Å². The third-order valence-electron chi connectivity index (χ3n) is 6.94. The molecule has 1 amide bonds. The molecule has 1 saturated carbocycles. The van der Waals surface area contributed by atoms with E-state index in [1.807, 2.05) is 0 Å². The van der Waals surface area contributed by atoms with E-state index in [-0.39, 0.29) is 24.7 Å². The van der Waals surface area contributed by atoms with E-state index >= 15 is 0 Å². The van der Waals surface area contributed by atoms with Gasteiger partial charge in [-0.15, -0.1) is 0 Å². The first-order chi connectivity index (χ1) is 17.5. The summed E-state index contributed by atoms with van der Waals surface area (Å²) in [7, 11) is 1.31. The fourth-order valence-corrected chi connectivity index (χ4v) is 5.00. The molecular weight excluding hydrogens is 476 g/mol. The second-order valence-corrected chi connectivity index (χ2v) is 9.21. The number of hydrogen-bond donors (Lipinski definition) is 4. The van der Waals surface area contributed by atoms with E-state index in [1.165, 1.54) is 24.3 Å². The number of rotatable bonds is 7. The minimum atomic E-state index is -1.32. The van der Waals surface area contributed by atoms with Gasteiger partial charge < -0.3 is 39.8 Å². The number of fused-ring (bicyclic) bond motifs is 1. The Morgan fingerprint density at radius 2 is 2.06 bits per heavy atom. The van der Waals surface area contributed by atoms with Crippen molar-refractivity contribution >= 4 is 29.0 Å². The minimum Gasteiger partial charge on any atom is -0.469 e. The fraction of sp³-hybridized carbons (Fsp3) is 0.682. The van der Waals surface area contributed by atoms with Crippen LogP contribution in [-0.2, 0) is 23.7 Å². The molecule has 3 fully saturated rings. The zero-order valence-electron chi connectivity index (χ0n) is 19.8. The van der Waals surface area contributed by atoms with Crippen LogP contribution in [0.1, 0.15) is 31.9 Å². The monoisotopic (exact) mass is 506 g/mol. The van der Waals surface area contributed by atoms with Crippen LogP contribution in [0.5, 0.6) is 0 Å². The lowest BCUT2D eigenvalue weighted by molar-refractivity contribution is -0.145. The molecule has 14 nitrogen and oxygen atoms in total. The van der Waals surface area contributed by atoms with E-state index < -0.39 is 36.6 Å². The van der Waals surface area contributed by atoms with Crippen molar-refractivity contribution in [3.63, 3.8) is 0 Å². The summed E-state index contributed by atoms with van der Waals surface area (Å²) in [5.41, 5.74) is 0.905. The third-order valence-corrected chi connectivity index (χ3v) is 6.94. The molecule has 0 bridgehead atoms. The van der Waals surface area contributed by atoms with Crippen molar-refractivity contribution in [3.05, 3.63) is 12.7 Å². The number of esters is 1. The summed E-state index contributed by atoms with van der Waals surface area (Å²) in [5.74, 6) is -0.250. The topological polar surface area (TPSA) is 179 Å². The van der Waals surface area contributed by atoms with Crippen LogP contribution in [0.2, 0.25) is 0 Å². The number of imidazole rings is 1. The smallest absolute Gasteiger partial charge is 0.407 e. The van der Waals surface area contributed by atoms with Gasteiger partial charge in [-0.25, -0.2) is 19.7 Å². The number of methoxy groups -OCH3 is 1. The van der Waals surface area contributed by atoms with E-state index in [0.717, 1.165) is 12.8 Å². The predicted molar refractivity (Wildman–Crippen MR) is 122 cm³/mol. The Kier molecular flexibility index (Phi) is 7.18. The minimum absolute atomic E-state index is 0.114. The van der Waals surface area contributed by atoms with Crippen LogP contribution in [0.25, 0.3) is 11.2 Å². The second kappa shape index (κ2) is 10.5. The average molecular weight is 507 g/mol. The maximum absolute atomic E-state index is 12.3. The number of amides is 1. The first-order valence-corrected chi connectivity index (χ1v) is 12.0. The zero-order valence-corrected chi connectivity index (χ0v) is 19.8. The van der Waals surface area contributed by atoms with Crippen LogP contribution >= 0.6 is 0 Å². The van der Waals surface area contributed by atoms with Crippen molar-refractivity contribution in [2.75, 3.05) is 32.2 Å². The van der Waals surface area contributed by atoms with Crippen LogP contribution < -0.4 is 10.6 Å². The molecule has 2 aromatic heterocycles. The number of nitrogens with one attached hydrogen (secondary N) is 2. The van der Waals surface area contributed by atoms with Crippen LogP contribution in [0.15, 0.2) is 12.7 Å². The molecule has 196 valence electrons. The normalized spacial score (nSPS) is 32.0. The molecular formula is C22H30N6O8. The van der Waals surface area contributed by atoms with Crippen LogP contribution in [0.3, 0.4) is 0 Å². The number of ether oxygens (including phenoxy) is 4. The lowest BCUT2D eigenvalue weighted by atomic mass is 10.0.